The monoisotopic (exact) mass is 171 g/mol. The number of nitrogens with zero attached hydrogens (tertiary/aromatic N) is 1. The van der Waals surface area contributed by atoms with Crippen LogP contribution in [0.1, 0.15) is 40.5 Å². The van der Waals surface area contributed by atoms with Crippen molar-refractivity contribution in [1.29, 1.82) is 0 Å². The molecule has 0 aromatic carbocycles. The predicted octanol–water partition coefficient (Wildman–Crippen LogP) is 3.32. The van der Waals surface area contributed by atoms with Crippen molar-refractivity contribution in [2.75, 3.05) is 20.1 Å². The van der Waals surface area contributed by atoms with Crippen LogP contribution in [0.3, 0.4) is 0 Å². The first-order valence-corrected chi connectivity index (χ1v) is 4.99. The SMILES string of the molecule is C=C(C)CCN(C)CCC.CC. The van der Waals surface area contributed by atoms with Gasteiger partial charge in [0.15, 0.2) is 0 Å². The van der Waals surface area contributed by atoms with Crippen LogP contribution in [0.2, 0.25) is 0 Å². The lowest BCUT2D eigenvalue weighted by Gasteiger charge is -2.14. The summed E-state index contributed by atoms with van der Waals surface area (Å²) in [5.41, 5.74) is 1.28. The summed E-state index contributed by atoms with van der Waals surface area (Å²) in [6.45, 7) is 14.5. The summed E-state index contributed by atoms with van der Waals surface area (Å²) >= 11 is 0. The first-order chi connectivity index (χ1) is 5.66. The van der Waals surface area contributed by atoms with E-state index in [4.69, 9.17) is 0 Å². The molecule has 0 unspecified atom stereocenters. The fraction of sp³-hybridized carbons (Fsp3) is 0.818. The average Bonchev–Trinajstić information content (AvgIpc) is 2.05. The van der Waals surface area contributed by atoms with Gasteiger partial charge in [0.1, 0.15) is 0 Å². The van der Waals surface area contributed by atoms with Gasteiger partial charge < -0.3 is 4.90 Å². The van der Waals surface area contributed by atoms with Crippen LogP contribution in [0.4, 0.5) is 0 Å². The van der Waals surface area contributed by atoms with E-state index in [2.05, 4.69) is 32.4 Å². The summed E-state index contributed by atoms with van der Waals surface area (Å²) in [5, 5.41) is 0. The van der Waals surface area contributed by atoms with Crippen molar-refractivity contribution < 1.29 is 0 Å². The van der Waals surface area contributed by atoms with Gasteiger partial charge in [-0.2, -0.15) is 0 Å². The van der Waals surface area contributed by atoms with Gasteiger partial charge in [-0.15, -0.1) is 6.58 Å². The van der Waals surface area contributed by atoms with Crippen molar-refractivity contribution in [3.63, 3.8) is 0 Å². The van der Waals surface area contributed by atoms with E-state index >= 15 is 0 Å². The molecule has 0 aromatic heterocycles. The lowest BCUT2D eigenvalue weighted by molar-refractivity contribution is 0.339. The molecule has 1 heteroatoms. The fourth-order valence-electron chi connectivity index (χ4n) is 0.875. The van der Waals surface area contributed by atoms with Crippen molar-refractivity contribution >= 4 is 0 Å². The molecule has 0 aliphatic carbocycles. The topological polar surface area (TPSA) is 3.24 Å². The van der Waals surface area contributed by atoms with Gasteiger partial charge in [0.05, 0.1) is 0 Å². The second kappa shape index (κ2) is 10.7. The summed E-state index contributed by atoms with van der Waals surface area (Å²) in [6.07, 6.45) is 2.38. The highest BCUT2D eigenvalue weighted by Crippen LogP contribution is 1.97. The minimum Gasteiger partial charge on any atom is -0.306 e. The highest BCUT2D eigenvalue weighted by molar-refractivity contribution is 4.88. The van der Waals surface area contributed by atoms with Gasteiger partial charge in [-0.05, 0) is 33.4 Å². The Bertz CT molecular complexity index is 97.2. The lowest BCUT2D eigenvalue weighted by Crippen LogP contribution is -2.20. The molecule has 0 bridgehead atoms. The second-order valence-corrected chi connectivity index (χ2v) is 3.01. The Morgan fingerprint density at radius 2 is 1.75 bits per heavy atom. The largest absolute Gasteiger partial charge is 0.306 e. The highest BCUT2D eigenvalue weighted by Gasteiger charge is 1.94. The standard InChI is InChI=1S/C9H19N.C2H6/c1-5-7-10(4)8-6-9(2)3;1-2/h2,5-8H2,1,3-4H3;1-2H3. The van der Waals surface area contributed by atoms with E-state index in [0.717, 1.165) is 13.0 Å². The van der Waals surface area contributed by atoms with Gasteiger partial charge >= 0.3 is 0 Å². The van der Waals surface area contributed by atoms with E-state index in [1.165, 1.54) is 18.5 Å². The Morgan fingerprint density at radius 1 is 1.25 bits per heavy atom. The molecule has 0 aliphatic heterocycles. The van der Waals surface area contributed by atoms with Crippen LogP contribution in [0, 0.1) is 0 Å². The lowest BCUT2D eigenvalue weighted by atomic mass is 10.2. The quantitative estimate of drug-likeness (QED) is 0.574. The normalized spacial score (nSPS) is 9.17. The molecule has 0 atom stereocenters. The Morgan fingerprint density at radius 3 is 2.08 bits per heavy atom. The maximum absolute atomic E-state index is 3.86. The molecule has 1 nitrogen and oxygen atoms in total. The highest BCUT2D eigenvalue weighted by atomic mass is 15.1. The summed E-state index contributed by atoms with van der Waals surface area (Å²) in [7, 11) is 2.16. The smallest absolute Gasteiger partial charge is 0.00153 e. The summed E-state index contributed by atoms with van der Waals surface area (Å²) in [5.74, 6) is 0. The Hall–Kier alpha value is -0.300. The zero-order valence-corrected chi connectivity index (χ0v) is 9.48. The fourth-order valence-corrected chi connectivity index (χ4v) is 0.875. The van der Waals surface area contributed by atoms with Crippen LogP contribution in [0.5, 0.6) is 0 Å². The first kappa shape index (κ1) is 14.2. The van der Waals surface area contributed by atoms with E-state index in [-0.39, 0.29) is 0 Å². The van der Waals surface area contributed by atoms with Crippen LogP contribution in [-0.4, -0.2) is 25.0 Å². The van der Waals surface area contributed by atoms with Crippen molar-refractivity contribution in [1.82, 2.24) is 4.90 Å². The van der Waals surface area contributed by atoms with E-state index in [0.29, 0.717) is 0 Å². The molecule has 0 amide bonds. The Labute approximate surface area is 78.5 Å². The van der Waals surface area contributed by atoms with Crippen molar-refractivity contribution in [3.8, 4) is 0 Å². The van der Waals surface area contributed by atoms with Gasteiger partial charge in [0, 0.05) is 6.54 Å². The third kappa shape index (κ3) is 12.4. The number of rotatable bonds is 5. The summed E-state index contributed by atoms with van der Waals surface area (Å²) in [6, 6.07) is 0. The van der Waals surface area contributed by atoms with E-state index < -0.39 is 0 Å². The zero-order valence-electron chi connectivity index (χ0n) is 9.48. The van der Waals surface area contributed by atoms with Gasteiger partial charge in [-0.25, -0.2) is 0 Å². The molecular weight excluding hydrogens is 146 g/mol. The zero-order chi connectivity index (χ0) is 9.98. The minimum atomic E-state index is 1.14. The Balaban J connectivity index is 0. The van der Waals surface area contributed by atoms with Crippen molar-refractivity contribution in [2.45, 2.75) is 40.5 Å². The third-order valence-corrected chi connectivity index (χ3v) is 1.53. The molecule has 0 rings (SSSR count). The first-order valence-electron chi connectivity index (χ1n) is 4.99. The van der Waals surface area contributed by atoms with Crippen LogP contribution in [0.15, 0.2) is 12.2 Å². The molecule has 0 saturated carbocycles. The third-order valence-electron chi connectivity index (χ3n) is 1.53. The number of hydrogen-bond donors (Lipinski definition) is 0. The van der Waals surface area contributed by atoms with E-state index in [1.807, 2.05) is 13.8 Å². The van der Waals surface area contributed by atoms with Crippen molar-refractivity contribution in [3.05, 3.63) is 12.2 Å². The molecule has 0 aliphatic rings. The molecule has 0 spiro atoms. The molecule has 0 saturated heterocycles. The molecule has 74 valence electrons. The molecule has 12 heavy (non-hydrogen) atoms. The van der Waals surface area contributed by atoms with Crippen LogP contribution in [0.25, 0.3) is 0 Å². The Kier molecular flexibility index (Phi) is 12.7. The molecule has 0 radical (unpaired) electrons. The molecule has 0 fully saturated rings. The van der Waals surface area contributed by atoms with E-state index in [1.54, 1.807) is 0 Å². The van der Waals surface area contributed by atoms with Gasteiger partial charge in [0.25, 0.3) is 0 Å². The maximum atomic E-state index is 3.86. The molecule has 0 aromatic rings. The summed E-state index contributed by atoms with van der Waals surface area (Å²) < 4.78 is 0. The molecule has 0 N–H and O–H groups in total. The predicted molar refractivity (Wildman–Crippen MR) is 58.6 cm³/mol. The maximum Gasteiger partial charge on any atom is 0.00153 e. The van der Waals surface area contributed by atoms with Crippen molar-refractivity contribution in [2.24, 2.45) is 0 Å². The summed E-state index contributed by atoms with van der Waals surface area (Å²) in [4.78, 5) is 2.34. The average molecular weight is 171 g/mol. The van der Waals surface area contributed by atoms with Crippen LogP contribution in [-0.2, 0) is 0 Å². The van der Waals surface area contributed by atoms with Gasteiger partial charge in [0.2, 0.25) is 0 Å². The number of hydrogen-bond acceptors (Lipinski definition) is 1. The van der Waals surface area contributed by atoms with E-state index in [9.17, 15) is 0 Å². The molecule has 0 heterocycles. The molecular formula is C11H25N. The second-order valence-electron chi connectivity index (χ2n) is 3.01. The van der Waals surface area contributed by atoms with Crippen LogP contribution >= 0.6 is 0 Å². The van der Waals surface area contributed by atoms with Crippen LogP contribution < -0.4 is 0 Å². The minimum absolute atomic E-state index is 1.14. The van der Waals surface area contributed by atoms with Gasteiger partial charge in [-0.1, -0.05) is 26.3 Å². The van der Waals surface area contributed by atoms with Gasteiger partial charge in [-0.3, -0.25) is 0 Å².